The number of esters is 1. The third-order valence-electron chi connectivity index (χ3n) is 3.63. The molecule has 0 fully saturated rings. The van der Waals surface area contributed by atoms with Gasteiger partial charge in [0.15, 0.2) is 0 Å². The molecule has 0 saturated heterocycles. The lowest BCUT2D eigenvalue weighted by Gasteiger charge is -2.42. The highest BCUT2D eigenvalue weighted by Gasteiger charge is 2.47. The smallest absolute Gasteiger partial charge is 0.386 e. The van der Waals surface area contributed by atoms with E-state index in [1.54, 1.807) is 6.92 Å². The topological polar surface area (TPSA) is 80.3 Å². The number of rotatable bonds is 11. The Morgan fingerprint density at radius 3 is 1.64 bits per heavy atom. The Morgan fingerprint density at radius 2 is 1.25 bits per heavy atom. The molecule has 164 valence electrons. The van der Waals surface area contributed by atoms with Crippen LogP contribution in [-0.4, -0.2) is 51.7 Å². The molecule has 0 rings (SSSR count). The molecule has 28 heavy (non-hydrogen) atoms. The average molecular weight is 467 g/mol. The molecule has 1 unspecified atom stereocenters. The molecule has 0 bridgehead atoms. The third kappa shape index (κ3) is 10.3. The van der Waals surface area contributed by atoms with E-state index in [1.807, 2.05) is 59.3 Å². The van der Waals surface area contributed by atoms with E-state index in [0.29, 0.717) is 12.0 Å². The van der Waals surface area contributed by atoms with Crippen LogP contribution in [0.5, 0.6) is 0 Å². The molecule has 0 aromatic rings. The first-order chi connectivity index (χ1) is 12.3. The maximum Gasteiger partial charge on any atom is 0.386 e. The van der Waals surface area contributed by atoms with Crippen molar-refractivity contribution in [2.24, 2.45) is 0 Å². The van der Waals surface area contributed by atoms with Crippen molar-refractivity contribution < 1.29 is 31.1 Å². The van der Waals surface area contributed by atoms with Crippen molar-refractivity contribution in [1.29, 1.82) is 0 Å². The van der Waals surface area contributed by atoms with Gasteiger partial charge in [0.05, 0.1) is 0 Å². The Morgan fingerprint density at radius 1 is 0.821 bits per heavy atom. The molecule has 0 amide bonds. The molecular formula is C17H38O7Si4. The van der Waals surface area contributed by atoms with Gasteiger partial charge in [-0.15, -0.1) is 0 Å². The fourth-order valence-corrected chi connectivity index (χ4v) is 21.6. The standard InChI is InChI=1S/C17H38O7Si4/c1-13-16(20-17(19)14(2)3)25(5,6)22-27(9,10)24-28(11,12)23-26(7,8)21-15(4)18/h16H,2,13H2,1,3-12H3. The number of hydrogen-bond donors (Lipinski definition) is 0. The third-order valence-corrected chi connectivity index (χ3v) is 18.4. The van der Waals surface area contributed by atoms with Crippen molar-refractivity contribution in [3.63, 3.8) is 0 Å². The van der Waals surface area contributed by atoms with Crippen LogP contribution in [0.1, 0.15) is 27.2 Å². The van der Waals surface area contributed by atoms with Crippen LogP contribution in [0, 0.1) is 0 Å². The van der Waals surface area contributed by atoms with Crippen LogP contribution < -0.4 is 0 Å². The average Bonchev–Trinajstić information content (AvgIpc) is 2.37. The second kappa shape index (κ2) is 9.96. The summed E-state index contributed by atoms with van der Waals surface area (Å²) in [6.07, 6.45) is 0.659. The SMILES string of the molecule is C=C(C)C(=O)OC(CC)[Si](C)(C)O[Si](C)(C)O[Si](C)(C)O[Si](C)(C)OC(C)=O. The van der Waals surface area contributed by atoms with Crippen molar-refractivity contribution in [3.8, 4) is 0 Å². The summed E-state index contributed by atoms with van der Waals surface area (Å²) >= 11 is 0. The maximum absolute atomic E-state index is 12.0. The summed E-state index contributed by atoms with van der Waals surface area (Å²) in [5.74, 6) is -0.753. The Labute approximate surface area is 174 Å². The molecule has 0 radical (unpaired) electrons. The number of carbonyl (C=O) groups is 2. The van der Waals surface area contributed by atoms with Crippen LogP contribution in [0.25, 0.3) is 0 Å². The van der Waals surface area contributed by atoms with Crippen LogP contribution >= 0.6 is 0 Å². The van der Waals surface area contributed by atoms with Crippen LogP contribution in [0.4, 0.5) is 0 Å². The lowest BCUT2D eigenvalue weighted by Crippen LogP contribution is -2.60. The van der Waals surface area contributed by atoms with Gasteiger partial charge in [0, 0.05) is 12.5 Å². The largest absolute Gasteiger partial charge is 0.495 e. The summed E-state index contributed by atoms with van der Waals surface area (Å²) < 4.78 is 30.0. The normalized spacial score (nSPS) is 14.4. The zero-order chi connectivity index (χ0) is 22.6. The molecule has 11 heteroatoms. The van der Waals surface area contributed by atoms with E-state index in [2.05, 4.69) is 6.58 Å². The highest BCUT2D eigenvalue weighted by Crippen LogP contribution is 2.27. The van der Waals surface area contributed by atoms with Crippen molar-refractivity contribution in [3.05, 3.63) is 12.2 Å². The summed E-state index contributed by atoms with van der Waals surface area (Å²) in [6, 6.07) is 0. The molecule has 0 saturated carbocycles. The highest BCUT2D eigenvalue weighted by molar-refractivity contribution is 6.89. The predicted molar refractivity (Wildman–Crippen MR) is 120 cm³/mol. The molecule has 7 nitrogen and oxygen atoms in total. The Kier molecular flexibility index (Phi) is 9.75. The van der Waals surface area contributed by atoms with E-state index >= 15 is 0 Å². The van der Waals surface area contributed by atoms with Crippen molar-refractivity contribution in [2.75, 3.05) is 0 Å². The van der Waals surface area contributed by atoms with E-state index in [-0.39, 0.29) is 11.7 Å². The van der Waals surface area contributed by atoms with Gasteiger partial charge in [0.2, 0.25) is 8.32 Å². The molecule has 0 spiro atoms. The van der Waals surface area contributed by atoms with Crippen LogP contribution in [0.15, 0.2) is 12.2 Å². The first kappa shape index (κ1) is 27.4. The van der Waals surface area contributed by atoms with Gasteiger partial charge >= 0.3 is 31.7 Å². The minimum Gasteiger partial charge on any atom is -0.495 e. The van der Waals surface area contributed by atoms with Crippen LogP contribution in [0.2, 0.25) is 52.4 Å². The van der Waals surface area contributed by atoms with Gasteiger partial charge in [0.1, 0.15) is 5.73 Å². The van der Waals surface area contributed by atoms with E-state index in [9.17, 15) is 9.59 Å². The second-order valence-electron chi connectivity index (χ2n) is 8.79. The molecule has 0 aliphatic rings. The minimum atomic E-state index is -2.64. The van der Waals surface area contributed by atoms with E-state index in [4.69, 9.17) is 21.5 Å². The fraction of sp³-hybridized carbons (Fsp3) is 0.765. The molecular weight excluding hydrogens is 429 g/mol. The maximum atomic E-state index is 12.0. The molecule has 0 aromatic heterocycles. The Balaban J connectivity index is 5.24. The number of ether oxygens (including phenoxy) is 1. The summed E-state index contributed by atoms with van der Waals surface area (Å²) in [5, 5.41) is 0. The van der Waals surface area contributed by atoms with Crippen molar-refractivity contribution in [2.45, 2.75) is 85.3 Å². The van der Waals surface area contributed by atoms with Crippen LogP contribution in [0.3, 0.4) is 0 Å². The summed E-state index contributed by atoms with van der Waals surface area (Å²) in [4.78, 5) is 23.3. The minimum absolute atomic E-state index is 0.301. The first-order valence-corrected chi connectivity index (χ1v) is 20.9. The summed E-state index contributed by atoms with van der Waals surface area (Å²) in [6.45, 7) is 24.1. The van der Waals surface area contributed by atoms with E-state index in [0.717, 1.165) is 0 Å². The van der Waals surface area contributed by atoms with Gasteiger partial charge in [0.25, 0.3) is 5.97 Å². The van der Waals surface area contributed by atoms with E-state index in [1.165, 1.54) is 6.92 Å². The van der Waals surface area contributed by atoms with Crippen LogP contribution in [-0.2, 0) is 31.1 Å². The zero-order valence-electron chi connectivity index (χ0n) is 19.3. The lowest BCUT2D eigenvalue weighted by molar-refractivity contribution is -0.141. The number of hydrogen-bond acceptors (Lipinski definition) is 7. The molecule has 0 heterocycles. The number of carbonyl (C=O) groups excluding carboxylic acids is 2. The van der Waals surface area contributed by atoms with Gasteiger partial charge in [-0.25, -0.2) is 4.79 Å². The second-order valence-corrected chi connectivity index (χ2v) is 23.7. The lowest BCUT2D eigenvalue weighted by atomic mass is 10.4. The Bertz CT molecular complexity index is 588. The quantitative estimate of drug-likeness (QED) is 0.254. The van der Waals surface area contributed by atoms with Gasteiger partial charge in [-0.1, -0.05) is 13.5 Å². The molecule has 0 N–H and O–H groups in total. The van der Waals surface area contributed by atoms with Crippen molar-refractivity contribution in [1.82, 2.24) is 0 Å². The van der Waals surface area contributed by atoms with Crippen molar-refractivity contribution >= 4 is 45.9 Å². The molecule has 0 aromatic carbocycles. The predicted octanol–water partition coefficient (Wildman–Crippen LogP) is 4.35. The first-order valence-electron chi connectivity index (χ1n) is 9.49. The zero-order valence-corrected chi connectivity index (χ0v) is 23.3. The fourth-order valence-electron chi connectivity index (χ4n) is 3.24. The molecule has 0 aliphatic heterocycles. The van der Waals surface area contributed by atoms with Gasteiger partial charge < -0.3 is 21.5 Å². The summed E-state index contributed by atoms with van der Waals surface area (Å²) in [7, 11) is -10.3. The highest BCUT2D eigenvalue weighted by atomic mass is 28.5. The monoisotopic (exact) mass is 466 g/mol. The van der Waals surface area contributed by atoms with Gasteiger partial charge in [-0.2, -0.15) is 0 Å². The van der Waals surface area contributed by atoms with E-state index < -0.39 is 40.0 Å². The van der Waals surface area contributed by atoms with Gasteiger partial charge in [-0.05, 0) is 65.7 Å². The van der Waals surface area contributed by atoms with Gasteiger partial charge in [-0.3, -0.25) is 4.79 Å². The molecule has 1 atom stereocenters. The summed E-state index contributed by atoms with van der Waals surface area (Å²) in [5.41, 5.74) is 0.0697. The Hall–Kier alpha value is -0.572. The molecule has 0 aliphatic carbocycles.